The number of likely N-dealkylation sites (tertiary alicyclic amines) is 1. The summed E-state index contributed by atoms with van der Waals surface area (Å²) in [5, 5.41) is 18.6. The zero-order chi connectivity index (χ0) is 27.6. The zero-order valence-corrected chi connectivity index (χ0v) is 22.0. The van der Waals surface area contributed by atoms with E-state index >= 15 is 0 Å². The molecule has 0 spiro atoms. The van der Waals surface area contributed by atoms with Crippen LogP contribution in [0.2, 0.25) is 0 Å². The lowest BCUT2D eigenvalue weighted by atomic mass is 9.85. The number of hydrogen-bond acceptors (Lipinski definition) is 7. The molecule has 40 heavy (non-hydrogen) atoms. The SMILES string of the molecule is N#Cc1ccc(COc2cccc(C3CCN(Cc4nc5ncc(C(=O)O)n5n4CC4CCC4)CC3)n2)c(F)c1. The zero-order valence-electron chi connectivity index (χ0n) is 22.0. The topological polar surface area (TPSA) is 122 Å². The fourth-order valence-corrected chi connectivity index (χ4v) is 5.52. The number of fused-ring (bicyclic) bond motifs is 1. The van der Waals surface area contributed by atoms with Crippen molar-refractivity contribution in [2.45, 2.75) is 57.7 Å². The highest BCUT2D eigenvalue weighted by Gasteiger charge is 2.27. The Morgan fingerprint density at radius 2 is 1.98 bits per heavy atom. The maximum Gasteiger partial charge on any atom is 0.356 e. The molecule has 0 amide bonds. The number of aromatic nitrogens is 5. The summed E-state index contributed by atoms with van der Waals surface area (Å²) in [6.07, 6.45) is 6.74. The Bertz CT molecular complexity index is 1580. The molecule has 1 saturated carbocycles. The minimum absolute atomic E-state index is 0.0347. The molecule has 1 N–H and O–H groups in total. The summed E-state index contributed by atoms with van der Waals surface area (Å²) >= 11 is 0. The van der Waals surface area contributed by atoms with Gasteiger partial charge in [-0.05, 0) is 62.9 Å². The number of carbonyl (C=O) groups is 1. The van der Waals surface area contributed by atoms with Crippen molar-refractivity contribution < 1.29 is 19.0 Å². The molecule has 1 aromatic carbocycles. The second-order valence-corrected chi connectivity index (χ2v) is 10.6. The summed E-state index contributed by atoms with van der Waals surface area (Å²) < 4.78 is 23.7. The van der Waals surface area contributed by atoms with Gasteiger partial charge in [0.05, 0.1) is 24.4 Å². The van der Waals surface area contributed by atoms with Crippen LogP contribution in [0.5, 0.6) is 5.88 Å². The van der Waals surface area contributed by atoms with Crippen LogP contribution in [0.15, 0.2) is 42.6 Å². The van der Waals surface area contributed by atoms with Crippen LogP contribution in [0.25, 0.3) is 5.78 Å². The average molecular weight is 544 g/mol. The van der Waals surface area contributed by atoms with Crippen molar-refractivity contribution in [3.63, 3.8) is 0 Å². The summed E-state index contributed by atoms with van der Waals surface area (Å²) in [4.78, 5) is 27.8. The molecule has 206 valence electrons. The van der Waals surface area contributed by atoms with E-state index in [2.05, 4.69) is 9.88 Å². The van der Waals surface area contributed by atoms with E-state index in [4.69, 9.17) is 20.0 Å². The Morgan fingerprint density at radius 3 is 2.67 bits per heavy atom. The van der Waals surface area contributed by atoms with Gasteiger partial charge in [0, 0.05) is 29.8 Å². The third-order valence-corrected chi connectivity index (χ3v) is 8.04. The molecule has 1 saturated heterocycles. The third kappa shape index (κ3) is 5.27. The number of imidazole rings is 1. The lowest BCUT2D eigenvalue weighted by Crippen LogP contribution is -2.34. The van der Waals surface area contributed by atoms with E-state index < -0.39 is 11.8 Å². The molecule has 11 heteroatoms. The second kappa shape index (κ2) is 11.1. The van der Waals surface area contributed by atoms with Crippen molar-refractivity contribution in [3.05, 3.63) is 76.8 Å². The normalized spacial score (nSPS) is 16.6. The number of carboxylic acid groups (broad SMARTS) is 1. The Morgan fingerprint density at radius 1 is 1.15 bits per heavy atom. The molecule has 2 aliphatic rings. The first-order chi connectivity index (χ1) is 19.5. The molecule has 1 aliphatic carbocycles. The van der Waals surface area contributed by atoms with Crippen LogP contribution < -0.4 is 4.74 Å². The standard InChI is InChI=1S/C29H30FN7O3/c30-23-13-20(14-31)7-8-22(23)18-40-27-6-2-5-24(33-27)21-9-11-35(12-10-21)17-26-34-29-32-15-25(28(38)39)37(29)36(26)16-19-3-1-4-19/h2,5-8,13,15,19,21H,1,3-4,9-12,16-18H2,(H,38,39). The van der Waals surface area contributed by atoms with Gasteiger partial charge in [-0.15, -0.1) is 0 Å². The summed E-state index contributed by atoms with van der Waals surface area (Å²) in [5.74, 6) is 1.07. The summed E-state index contributed by atoms with van der Waals surface area (Å²) in [7, 11) is 0. The molecule has 2 fully saturated rings. The van der Waals surface area contributed by atoms with Gasteiger partial charge >= 0.3 is 5.97 Å². The maximum absolute atomic E-state index is 14.2. The van der Waals surface area contributed by atoms with Crippen molar-refractivity contribution in [2.75, 3.05) is 13.1 Å². The molecule has 1 aliphatic heterocycles. The van der Waals surface area contributed by atoms with E-state index in [1.54, 1.807) is 22.7 Å². The van der Waals surface area contributed by atoms with Crippen molar-refractivity contribution in [2.24, 2.45) is 5.92 Å². The highest BCUT2D eigenvalue weighted by atomic mass is 19.1. The Balaban J connectivity index is 1.10. The monoisotopic (exact) mass is 543 g/mol. The van der Waals surface area contributed by atoms with Gasteiger partial charge in [0.2, 0.25) is 5.88 Å². The van der Waals surface area contributed by atoms with Crippen LogP contribution in [0.3, 0.4) is 0 Å². The smallest absolute Gasteiger partial charge is 0.356 e. The van der Waals surface area contributed by atoms with E-state index in [-0.39, 0.29) is 23.8 Å². The summed E-state index contributed by atoms with van der Waals surface area (Å²) in [6, 6.07) is 11.9. The largest absolute Gasteiger partial charge is 0.476 e. The highest BCUT2D eigenvalue weighted by molar-refractivity contribution is 5.86. The number of nitriles is 1. The van der Waals surface area contributed by atoms with Crippen LogP contribution in [-0.2, 0) is 19.7 Å². The fraction of sp³-hybridized carbons (Fsp3) is 0.414. The molecule has 0 bridgehead atoms. The third-order valence-electron chi connectivity index (χ3n) is 8.04. The van der Waals surface area contributed by atoms with Gasteiger partial charge in [0.25, 0.3) is 5.78 Å². The number of carboxylic acids is 1. The molecular formula is C29H30FN7O3. The Labute approximate surface area is 230 Å². The number of pyridine rings is 1. The van der Waals surface area contributed by atoms with Gasteiger partial charge < -0.3 is 9.84 Å². The van der Waals surface area contributed by atoms with Gasteiger partial charge in [-0.2, -0.15) is 10.2 Å². The van der Waals surface area contributed by atoms with E-state index in [1.165, 1.54) is 18.7 Å². The molecule has 3 aromatic heterocycles. The molecular weight excluding hydrogens is 513 g/mol. The van der Waals surface area contributed by atoms with Gasteiger partial charge in [0.1, 0.15) is 18.2 Å². The lowest BCUT2D eigenvalue weighted by Gasteiger charge is -2.32. The molecule has 0 unspecified atom stereocenters. The number of ether oxygens (including phenoxy) is 1. The maximum atomic E-state index is 14.2. The van der Waals surface area contributed by atoms with Crippen molar-refractivity contribution in [1.29, 1.82) is 5.26 Å². The van der Waals surface area contributed by atoms with E-state index in [0.717, 1.165) is 56.8 Å². The van der Waals surface area contributed by atoms with Crippen molar-refractivity contribution in [3.8, 4) is 11.9 Å². The summed E-state index contributed by atoms with van der Waals surface area (Å²) in [5.41, 5.74) is 1.74. The van der Waals surface area contributed by atoms with E-state index in [9.17, 15) is 14.3 Å². The number of halogens is 1. The van der Waals surface area contributed by atoms with Crippen LogP contribution >= 0.6 is 0 Å². The van der Waals surface area contributed by atoms with Crippen LogP contribution in [0.4, 0.5) is 4.39 Å². The van der Waals surface area contributed by atoms with E-state index in [1.807, 2.05) is 22.9 Å². The number of piperidine rings is 1. The minimum Gasteiger partial charge on any atom is -0.476 e. The number of aromatic carboxylic acids is 1. The minimum atomic E-state index is -1.00. The highest BCUT2D eigenvalue weighted by Crippen LogP contribution is 2.31. The first kappa shape index (κ1) is 26.0. The van der Waals surface area contributed by atoms with Gasteiger partial charge in [-0.3, -0.25) is 9.58 Å². The van der Waals surface area contributed by atoms with Crippen LogP contribution in [0, 0.1) is 23.1 Å². The first-order valence-electron chi connectivity index (χ1n) is 13.7. The molecule has 10 nitrogen and oxygen atoms in total. The number of benzene rings is 1. The number of hydrogen-bond donors (Lipinski definition) is 1. The predicted octanol–water partition coefficient (Wildman–Crippen LogP) is 4.39. The fourth-order valence-electron chi connectivity index (χ4n) is 5.52. The van der Waals surface area contributed by atoms with Crippen LogP contribution in [0.1, 0.15) is 71.2 Å². The Hall–Kier alpha value is -4.30. The first-order valence-corrected chi connectivity index (χ1v) is 13.7. The molecule has 0 atom stereocenters. The van der Waals surface area contributed by atoms with Crippen molar-refractivity contribution in [1.82, 2.24) is 29.0 Å². The summed E-state index contributed by atoms with van der Waals surface area (Å²) in [6.45, 7) is 3.14. The molecule has 4 heterocycles. The Kier molecular flexibility index (Phi) is 7.17. The van der Waals surface area contributed by atoms with E-state index in [0.29, 0.717) is 29.7 Å². The number of nitrogens with zero attached hydrogens (tertiary/aromatic N) is 7. The van der Waals surface area contributed by atoms with Gasteiger partial charge in [-0.25, -0.2) is 23.7 Å². The number of rotatable bonds is 9. The molecule has 4 aromatic rings. The predicted molar refractivity (Wildman–Crippen MR) is 142 cm³/mol. The van der Waals surface area contributed by atoms with Gasteiger partial charge in [0.15, 0.2) is 5.69 Å². The lowest BCUT2D eigenvalue weighted by molar-refractivity contribution is 0.0685. The molecule has 6 rings (SSSR count). The second-order valence-electron chi connectivity index (χ2n) is 10.6. The van der Waals surface area contributed by atoms with Crippen molar-refractivity contribution >= 4 is 11.7 Å². The van der Waals surface area contributed by atoms with Crippen LogP contribution in [-0.4, -0.2) is 53.2 Å². The molecule has 0 radical (unpaired) electrons. The quantitative estimate of drug-likeness (QED) is 0.330. The van der Waals surface area contributed by atoms with Gasteiger partial charge in [-0.1, -0.05) is 18.6 Å². The average Bonchev–Trinajstić information content (AvgIpc) is 3.50.